The summed E-state index contributed by atoms with van der Waals surface area (Å²) in [5, 5.41) is 4.98. The minimum absolute atomic E-state index is 0.231. The third-order valence-corrected chi connectivity index (χ3v) is 4.42. The lowest BCUT2D eigenvalue weighted by Gasteiger charge is -2.34. The third kappa shape index (κ3) is 2.52. The van der Waals surface area contributed by atoms with Crippen LogP contribution in [0.1, 0.15) is 18.5 Å². The summed E-state index contributed by atoms with van der Waals surface area (Å²) >= 11 is 0. The lowest BCUT2D eigenvalue weighted by Crippen LogP contribution is -2.50. The number of rotatable bonds is 3. The second-order valence-corrected chi connectivity index (χ2v) is 6.57. The van der Waals surface area contributed by atoms with Gasteiger partial charge in [0, 0.05) is 5.22 Å². The molecule has 5 rings (SSSR count). The summed E-state index contributed by atoms with van der Waals surface area (Å²) < 4.78 is 14.8. The summed E-state index contributed by atoms with van der Waals surface area (Å²) in [6.45, 7) is 0.536. The number of hydrogen-bond acceptors (Lipinski definition) is 7. The van der Waals surface area contributed by atoms with Gasteiger partial charge in [-0.1, -0.05) is 0 Å². The number of nitrogens with one attached hydrogen (secondary N) is 2. The van der Waals surface area contributed by atoms with Crippen molar-refractivity contribution in [3.05, 3.63) is 33.2 Å². The molecule has 10 nitrogen and oxygen atoms in total. The third-order valence-electron chi connectivity index (χ3n) is 4.42. The SMILES string of the molecule is Nc1[nH]c(=O)[nH]c1C=c1cnn2c(=NC3CC3)nc(N3CC(F)C3)nc12. The van der Waals surface area contributed by atoms with Gasteiger partial charge in [0.1, 0.15) is 12.0 Å². The summed E-state index contributed by atoms with van der Waals surface area (Å²) in [5.41, 5.74) is 6.81. The minimum Gasteiger partial charge on any atom is -0.383 e. The Morgan fingerprint density at radius 2 is 2.12 bits per heavy atom. The predicted octanol–water partition coefficient (Wildman–Crippen LogP) is -1.51. The highest BCUT2D eigenvalue weighted by atomic mass is 19.1. The van der Waals surface area contributed by atoms with Gasteiger partial charge in [-0.15, -0.1) is 0 Å². The maximum Gasteiger partial charge on any atom is 0.324 e. The van der Waals surface area contributed by atoms with Crippen molar-refractivity contribution in [2.75, 3.05) is 23.7 Å². The highest BCUT2D eigenvalue weighted by Gasteiger charge is 2.29. The molecule has 0 radical (unpaired) electrons. The van der Waals surface area contributed by atoms with Gasteiger partial charge in [-0.05, 0) is 18.9 Å². The van der Waals surface area contributed by atoms with Crippen LogP contribution in [0.25, 0.3) is 11.7 Å². The standard InChI is InChI=1S/C15H16FN9O/c16-8-5-24(6-8)13-22-12-7(3-10-11(17)21-15(26)20-10)4-18-25(12)14(23-13)19-9-1-2-9/h3-4,8-9H,1-2,5-6,17H2,(H2,20,21,26). The number of H-pyrrole nitrogens is 2. The number of hydrogen-bond donors (Lipinski definition) is 3. The maximum absolute atomic E-state index is 13.2. The van der Waals surface area contributed by atoms with E-state index < -0.39 is 6.17 Å². The van der Waals surface area contributed by atoms with Crippen molar-refractivity contribution in [2.45, 2.75) is 25.1 Å². The molecule has 0 spiro atoms. The molecular formula is C15H16FN9O. The van der Waals surface area contributed by atoms with Crippen LogP contribution in [0.2, 0.25) is 0 Å². The summed E-state index contributed by atoms with van der Waals surface area (Å²) in [6, 6.07) is 0.250. The summed E-state index contributed by atoms with van der Waals surface area (Å²) in [7, 11) is 0. The molecule has 3 aromatic rings. The lowest BCUT2D eigenvalue weighted by molar-refractivity contribution is 0.271. The highest BCUT2D eigenvalue weighted by Crippen LogP contribution is 2.22. The molecule has 26 heavy (non-hydrogen) atoms. The molecule has 134 valence electrons. The second-order valence-electron chi connectivity index (χ2n) is 6.57. The predicted molar refractivity (Wildman–Crippen MR) is 91.1 cm³/mol. The molecule has 1 aliphatic heterocycles. The average molecular weight is 357 g/mol. The molecule has 11 heteroatoms. The number of fused-ring (bicyclic) bond motifs is 1. The Morgan fingerprint density at radius 1 is 1.31 bits per heavy atom. The number of nitrogens with two attached hydrogens (primary N) is 1. The molecule has 0 atom stereocenters. The number of halogens is 1. The number of alkyl halides is 1. The molecule has 2 aliphatic rings. The van der Waals surface area contributed by atoms with Crippen molar-refractivity contribution in [1.29, 1.82) is 0 Å². The molecule has 1 saturated carbocycles. The van der Waals surface area contributed by atoms with Gasteiger partial charge in [0.25, 0.3) is 5.62 Å². The van der Waals surface area contributed by atoms with E-state index in [1.54, 1.807) is 21.7 Å². The van der Waals surface area contributed by atoms with Crippen LogP contribution in [0.5, 0.6) is 0 Å². The van der Waals surface area contributed by atoms with Crippen molar-refractivity contribution in [1.82, 2.24) is 29.5 Å². The Hall–Kier alpha value is -3.24. The molecule has 0 aromatic carbocycles. The first kappa shape index (κ1) is 15.0. The molecule has 4 N–H and O–H groups in total. The fraction of sp³-hybridized carbons (Fsp3) is 0.400. The van der Waals surface area contributed by atoms with E-state index in [-0.39, 0.29) is 30.6 Å². The van der Waals surface area contributed by atoms with Crippen molar-refractivity contribution in [3.63, 3.8) is 0 Å². The molecule has 1 aliphatic carbocycles. The van der Waals surface area contributed by atoms with Crippen molar-refractivity contribution >= 4 is 23.5 Å². The van der Waals surface area contributed by atoms with E-state index in [1.165, 1.54) is 0 Å². The van der Waals surface area contributed by atoms with Gasteiger partial charge >= 0.3 is 5.69 Å². The molecule has 1 saturated heterocycles. The quantitative estimate of drug-likeness (QED) is 0.522. The number of anilines is 2. The van der Waals surface area contributed by atoms with Crippen molar-refractivity contribution in [3.8, 4) is 0 Å². The zero-order valence-electron chi connectivity index (χ0n) is 13.7. The van der Waals surface area contributed by atoms with E-state index in [0.29, 0.717) is 28.1 Å². The Labute approximate surface area is 145 Å². The second kappa shape index (κ2) is 5.38. The molecule has 4 heterocycles. The van der Waals surface area contributed by atoms with Gasteiger partial charge in [-0.2, -0.15) is 19.6 Å². The normalized spacial score (nSPS) is 19.5. The number of nitrogens with zero attached hydrogens (tertiary/aromatic N) is 6. The molecule has 2 fully saturated rings. The zero-order valence-corrected chi connectivity index (χ0v) is 13.7. The molecule has 0 unspecified atom stereocenters. The number of imidazole rings is 1. The van der Waals surface area contributed by atoms with Crippen LogP contribution in [0.3, 0.4) is 0 Å². The first-order valence-corrected chi connectivity index (χ1v) is 8.35. The Morgan fingerprint density at radius 3 is 2.77 bits per heavy atom. The first-order chi connectivity index (χ1) is 12.6. The van der Waals surface area contributed by atoms with Gasteiger partial charge in [0.2, 0.25) is 5.95 Å². The topological polar surface area (TPSA) is 133 Å². The van der Waals surface area contributed by atoms with E-state index in [2.05, 4.69) is 30.0 Å². The van der Waals surface area contributed by atoms with Crippen LogP contribution < -0.4 is 27.2 Å². The van der Waals surface area contributed by atoms with E-state index >= 15 is 0 Å². The molecule has 0 bridgehead atoms. The van der Waals surface area contributed by atoms with Crippen LogP contribution in [-0.2, 0) is 0 Å². The smallest absolute Gasteiger partial charge is 0.324 e. The summed E-state index contributed by atoms with van der Waals surface area (Å²) in [6.07, 6.45) is 4.48. The van der Waals surface area contributed by atoms with Crippen molar-refractivity contribution < 1.29 is 4.39 Å². The van der Waals surface area contributed by atoms with E-state index in [0.717, 1.165) is 12.8 Å². The number of aromatic nitrogens is 6. The van der Waals surface area contributed by atoms with Crippen LogP contribution in [-0.4, -0.2) is 54.9 Å². The fourth-order valence-electron chi connectivity index (χ4n) is 2.83. The largest absolute Gasteiger partial charge is 0.383 e. The highest BCUT2D eigenvalue weighted by molar-refractivity contribution is 5.61. The zero-order chi connectivity index (χ0) is 17.8. The average Bonchev–Trinajstić information content (AvgIpc) is 3.21. The molecular weight excluding hydrogens is 341 g/mol. The first-order valence-electron chi connectivity index (χ1n) is 8.35. The van der Waals surface area contributed by atoms with Crippen LogP contribution in [0.4, 0.5) is 16.2 Å². The van der Waals surface area contributed by atoms with Crippen LogP contribution >= 0.6 is 0 Å². The van der Waals surface area contributed by atoms with Gasteiger partial charge < -0.3 is 15.6 Å². The van der Waals surface area contributed by atoms with Gasteiger partial charge in [0.15, 0.2) is 5.65 Å². The van der Waals surface area contributed by atoms with Gasteiger partial charge in [-0.3, -0.25) is 4.98 Å². The van der Waals surface area contributed by atoms with E-state index in [1.807, 2.05) is 0 Å². The van der Waals surface area contributed by atoms with E-state index in [4.69, 9.17) is 5.73 Å². The Balaban J connectivity index is 1.72. The number of nitrogen functional groups attached to an aromatic ring is 1. The van der Waals surface area contributed by atoms with Crippen molar-refractivity contribution in [2.24, 2.45) is 4.99 Å². The lowest BCUT2D eigenvalue weighted by atomic mass is 10.2. The fourth-order valence-corrected chi connectivity index (χ4v) is 2.83. The van der Waals surface area contributed by atoms with Gasteiger partial charge in [-0.25, -0.2) is 14.2 Å². The van der Waals surface area contributed by atoms with Gasteiger partial charge in [0.05, 0.1) is 31.0 Å². The molecule has 3 aromatic heterocycles. The van der Waals surface area contributed by atoms with Crippen LogP contribution in [0.15, 0.2) is 16.0 Å². The monoisotopic (exact) mass is 357 g/mol. The summed E-state index contributed by atoms with van der Waals surface area (Å²) in [4.78, 5) is 31.8. The molecule has 0 amide bonds. The Kier molecular flexibility index (Phi) is 3.11. The van der Waals surface area contributed by atoms with Crippen LogP contribution in [0, 0.1) is 0 Å². The number of aromatic amines is 2. The Bertz CT molecular complexity index is 1170. The maximum atomic E-state index is 13.2. The minimum atomic E-state index is -0.862. The van der Waals surface area contributed by atoms with E-state index in [9.17, 15) is 9.18 Å². The summed E-state index contributed by atoms with van der Waals surface area (Å²) in [5.74, 6) is 0.658.